The first kappa shape index (κ1) is 23.8. The van der Waals surface area contributed by atoms with Crippen LogP contribution in [0.1, 0.15) is 15.9 Å². The predicted octanol–water partition coefficient (Wildman–Crippen LogP) is 4.29. The Balaban J connectivity index is 1.66. The summed E-state index contributed by atoms with van der Waals surface area (Å²) in [6.45, 7) is 0.174. The van der Waals surface area contributed by atoms with Crippen LogP contribution in [0.2, 0.25) is 0 Å². The Labute approximate surface area is 205 Å². The number of hydrogen-bond donors (Lipinski definition) is 0. The van der Waals surface area contributed by atoms with Gasteiger partial charge in [-0.25, -0.2) is 4.57 Å². The van der Waals surface area contributed by atoms with Crippen molar-refractivity contribution in [2.24, 2.45) is 5.10 Å². The highest BCUT2D eigenvalue weighted by atomic mass is 16.5. The van der Waals surface area contributed by atoms with Gasteiger partial charge in [-0.1, -0.05) is 17.2 Å². The van der Waals surface area contributed by atoms with Gasteiger partial charge in [-0.15, -0.1) is 4.68 Å². The third-order valence-corrected chi connectivity index (χ3v) is 5.69. The van der Waals surface area contributed by atoms with Crippen molar-refractivity contribution in [3.8, 4) is 22.9 Å². The Morgan fingerprint density at radius 3 is 2.09 bits per heavy atom. The molecule has 4 rings (SSSR count). The number of ketones is 1. The Morgan fingerprint density at radius 1 is 0.914 bits per heavy atom. The highest BCUT2D eigenvalue weighted by molar-refractivity contribution is 5.95. The molecule has 0 N–H and O–H groups in total. The maximum absolute atomic E-state index is 13.0. The van der Waals surface area contributed by atoms with Gasteiger partial charge in [0.2, 0.25) is 5.78 Å². The summed E-state index contributed by atoms with van der Waals surface area (Å²) < 4.78 is 14.2. The number of nitrogens with zero attached hydrogens (tertiary/aromatic N) is 4. The summed E-state index contributed by atoms with van der Waals surface area (Å²) in [5.74, 6) is 2.26. The minimum Gasteiger partial charge on any atom is -0.497 e. The summed E-state index contributed by atoms with van der Waals surface area (Å²) in [6.07, 6.45) is 5.53. The van der Waals surface area contributed by atoms with Gasteiger partial charge in [0.25, 0.3) is 0 Å². The Bertz CT molecular complexity index is 1310. The molecule has 7 nitrogen and oxygen atoms in total. The van der Waals surface area contributed by atoms with Crippen LogP contribution in [-0.2, 0) is 6.54 Å². The Morgan fingerprint density at radius 2 is 1.51 bits per heavy atom. The van der Waals surface area contributed by atoms with E-state index in [1.54, 1.807) is 43.2 Å². The van der Waals surface area contributed by atoms with Crippen molar-refractivity contribution in [1.82, 2.24) is 4.68 Å². The number of methoxy groups -OCH3 is 2. The van der Waals surface area contributed by atoms with E-state index in [4.69, 9.17) is 14.6 Å². The second-order valence-corrected chi connectivity index (χ2v) is 8.20. The molecule has 178 valence electrons. The van der Waals surface area contributed by atoms with Crippen molar-refractivity contribution in [1.29, 1.82) is 0 Å². The standard InChI is InChI=1S/C28H29N4O3/c1-30(2)24-11-5-21(6-12-24)19-29-32-18-17-31(28(32)23-9-15-26(35-4)16-10-23)20-27(33)22-7-13-25(34-3)14-8-22/h5-19H,20H2,1-4H3/q+1. The Kier molecular flexibility index (Phi) is 7.26. The molecule has 4 aromatic rings. The molecular formula is C28H29N4O3+. The normalized spacial score (nSPS) is 11.0. The fourth-order valence-corrected chi connectivity index (χ4v) is 3.69. The van der Waals surface area contributed by atoms with E-state index in [0.29, 0.717) is 11.3 Å². The van der Waals surface area contributed by atoms with Gasteiger partial charge in [-0.3, -0.25) is 4.79 Å². The number of hydrogen-bond acceptors (Lipinski definition) is 5. The quantitative estimate of drug-likeness (QED) is 0.208. The van der Waals surface area contributed by atoms with E-state index in [0.717, 1.165) is 28.4 Å². The van der Waals surface area contributed by atoms with Gasteiger partial charge in [0.05, 0.1) is 26.0 Å². The number of carbonyl (C=O) groups excluding carboxylic acids is 1. The largest absolute Gasteiger partial charge is 0.497 e. The molecule has 0 unspecified atom stereocenters. The summed E-state index contributed by atoms with van der Waals surface area (Å²) in [6, 6.07) is 23.0. The molecule has 1 aromatic heterocycles. The highest BCUT2D eigenvalue weighted by Gasteiger charge is 2.22. The molecule has 35 heavy (non-hydrogen) atoms. The van der Waals surface area contributed by atoms with Crippen molar-refractivity contribution in [2.75, 3.05) is 33.2 Å². The van der Waals surface area contributed by atoms with Crippen molar-refractivity contribution >= 4 is 17.7 Å². The molecule has 0 spiro atoms. The summed E-state index contributed by atoms with van der Waals surface area (Å²) in [5.41, 5.74) is 3.64. The Hall–Kier alpha value is -4.39. The van der Waals surface area contributed by atoms with Crippen molar-refractivity contribution in [2.45, 2.75) is 6.54 Å². The number of rotatable bonds is 9. The molecule has 0 radical (unpaired) electrons. The van der Waals surface area contributed by atoms with Gasteiger partial charge in [0, 0.05) is 25.3 Å². The predicted molar refractivity (Wildman–Crippen MR) is 138 cm³/mol. The zero-order valence-corrected chi connectivity index (χ0v) is 20.4. The fourth-order valence-electron chi connectivity index (χ4n) is 3.69. The van der Waals surface area contributed by atoms with E-state index in [9.17, 15) is 4.79 Å². The molecule has 0 aliphatic carbocycles. The maximum Gasteiger partial charge on any atom is 0.314 e. The third-order valence-electron chi connectivity index (χ3n) is 5.69. The number of benzene rings is 3. The average Bonchev–Trinajstić information content (AvgIpc) is 3.29. The van der Waals surface area contributed by atoms with Gasteiger partial charge in [0.15, 0.2) is 12.7 Å². The van der Waals surface area contributed by atoms with Crippen LogP contribution in [0.4, 0.5) is 5.69 Å². The number of anilines is 1. The van der Waals surface area contributed by atoms with E-state index < -0.39 is 0 Å². The monoisotopic (exact) mass is 469 g/mol. The maximum atomic E-state index is 13.0. The van der Waals surface area contributed by atoms with Gasteiger partial charge in [-0.05, 0) is 66.2 Å². The lowest BCUT2D eigenvalue weighted by Crippen LogP contribution is -2.38. The smallest absolute Gasteiger partial charge is 0.314 e. The molecule has 0 atom stereocenters. The second-order valence-electron chi connectivity index (χ2n) is 8.20. The first-order chi connectivity index (χ1) is 17.0. The summed E-state index contributed by atoms with van der Waals surface area (Å²) in [5, 5.41) is 4.69. The van der Waals surface area contributed by atoms with E-state index in [1.807, 2.05) is 73.7 Å². The summed E-state index contributed by atoms with van der Waals surface area (Å²) in [7, 11) is 7.26. The lowest BCUT2D eigenvalue weighted by atomic mass is 10.1. The van der Waals surface area contributed by atoms with E-state index in [1.165, 1.54) is 0 Å². The molecule has 3 aromatic carbocycles. The zero-order valence-electron chi connectivity index (χ0n) is 20.4. The topological polar surface area (TPSA) is 59.9 Å². The minimum atomic E-state index is -0.00609. The van der Waals surface area contributed by atoms with Crippen LogP contribution >= 0.6 is 0 Å². The molecule has 0 aliphatic rings. The van der Waals surface area contributed by atoms with Crippen LogP contribution in [0.5, 0.6) is 11.5 Å². The second kappa shape index (κ2) is 10.7. The lowest BCUT2D eigenvalue weighted by molar-refractivity contribution is -0.671. The molecule has 0 bridgehead atoms. The molecule has 0 saturated carbocycles. The van der Waals surface area contributed by atoms with Crippen molar-refractivity contribution in [3.05, 3.63) is 96.3 Å². The van der Waals surface area contributed by atoms with Crippen molar-refractivity contribution in [3.63, 3.8) is 0 Å². The molecule has 0 saturated heterocycles. The lowest BCUT2D eigenvalue weighted by Gasteiger charge is -2.11. The van der Waals surface area contributed by atoms with Gasteiger partial charge < -0.3 is 14.4 Å². The van der Waals surface area contributed by atoms with Crippen LogP contribution in [0.25, 0.3) is 11.4 Å². The average molecular weight is 470 g/mol. The van der Waals surface area contributed by atoms with Crippen molar-refractivity contribution < 1.29 is 18.8 Å². The van der Waals surface area contributed by atoms with Gasteiger partial charge in [0.1, 0.15) is 17.7 Å². The van der Waals surface area contributed by atoms with E-state index in [2.05, 4.69) is 17.0 Å². The van der Waals surface area contributed by atoms with Crippen LogP contribution in [0.15, 0.2) is 90.3 Å². The SMILES string of the molecule is COc1ccc(C(=O)C[n+]2ccn(N=Cc3ccc(N(C)C)cc3)c2-c2ccc(OC)cc2)cc1. The highest BCUT2D eigenvalue weighted by Crippen LogP contribution is 2.21. The number of aromatic nitrogens is 2. The van der Waals surface area contributed by atoms with Gasteiger partial charge in [-0.2, -0.15) is 0 Å². The van der Waals surface area contributed by atoms with Gasteiger partial charge >= 0.3 is 5.82 Å². The fraction of sp³-hybridized carbons (Fsp3) is 0.179. The molecule has 7 heteroatoms. The van der Waals surface area contributed by atoms with Crippen LogP contribution in [0, 0.1) is 0 Å². The molecule has 0 amide bonds. The zero-order chi connectivity index (χ0) is 24.8. The number of imidazole rings is 1. The van der Waals surface area contributed by atoms with Crippen LogP contribution < -0.4 is 18.9 Å². The first-order valence-corrected chi connectivity index (χ1v) is 11.2. The summed E-state index contributed by atoms with van der Waals surface area (Å²) >= 11 is 0. The van der Waals surface area contributed by atoms with Crippen LogP contribution in [-0.4, -0.2) is 45.0 Å². The molecule has 0 aliphatic heterocycles. The summed E-state index contributed by atoms with van der Waals surface area (Å²) in [4.78, 5) is 15.1. The first-order valence-electron chi connectivity index (χ1n) is 11.2. The molecule has 0 fully saturated rings. The third kappa shape index (κ3) is 5.58. The van der Waals surface area contributed by atoms with Crippen LogP contribution in [0.3, 0.4) is 0 Å². The van der Waals surface area contributed by atoms with E-state index in [-0.39, 0.29) is 12.3 Å². The minimum absolute atomic E-state index is 0.00609. The molecular weight excluding hydrogens is 440 g/mol. The number of Topliss-reactive ketones (excluding diaryl/α,β-unsaturated/α-hetero) is 1. The number of ether oxygens (including phenoxy) is 2. The number of carbonyl (C=O) groups is 1. The van der Waals surface area contributed by atoms with E-state index >= 15 is 0 Å². The molecule has 1 heterocycles.